The van der Waals surface area contributed by atoms with Crippen LogP contribution in [-0.4, -0.2) is 38.1 Å². The van der Waals surface area contributed by atoms with Crippen molar-refractivity contribution in [2.24, 2.45) is 12.5 Å². The first-order chi connectivity index (χ1) is 20.4. The predicted octanol–water partition coefficient (Wildman–Crippen LogP) is 4.38. The quantitative estimate of drug-likeness (QED) is 0.315. The number of halogens is 3. The lowest BCUT2D eigenvalue weighted by atomic mass is 9.68. The largest absolute Gasteiger partial charge is 0.480 e. The Hall–Kier alpha value is -4.67. The molecule has 5 rings (SSSR count). The van der Waals surface area contributed by atoms with Crippen molar-refractivity contribution in [3.63, 3.8) is 0 Å². The van der Waals surface area contributed by atoms with E-state index in [0.717, 1.165) is 4.57 Å². The number of carboxylic acid groups (broad SMARTS) is 1. The van der Waals surface area contributed by atoms with Crippen LogP contribution in [0, 0.1) is 11.2 Å². The van der Waals surface area contributed by atoms with Crippen LogP contribution in [-0.2, 0) is 29.5 Å². The summed E-state index contributed by atoms with van der Waals surface area (Å²) < 4.78 is 44.1. The predicted molar refractivity (Wildman–Crippen MR) is 154 cm³/mol. The number of aliphatic carboxylic acids is 1. The van der Waals surface area contributed by atoms with Crippen LogP contribution in [0.5, 0.6) is 0 Å². The van der Waals surface area contributed by atoms with E-state index in [0.29, 0.717) is 27.6 Å². The molecule has 0 radical (unpaired) electrons. The first-order valence-electron chi connectivity index (χ1n) is 13.8. The third kappa shape index (κ3) is 6.11. The van der Waals surface area contributed by atoms with Crippen LogP contribution in [0.25, 0.3) is 16.5 Å². The maximum absolute atomic E-state index is 14.1. The summed E-state index contributed by atoms with van der Waals surface area (Å²) in [7, 11) is 1.52. The van der Waals surface area contributed by atoms with E-state index in [-0.39, 0.29) is 25.7 Å². The molecule has 1 saturated carbocycles. The Bertz CT molecular complexity index is 1800. The molecule has 2 N–H and O–H groups in total. The Kier molecular flexibility index (Phi) is 8.00. The number of hydrogen-bond donors (Lipinski definition) is 2. The molecule has 1 aliphatic carbocycles. The smallest absolute Gasteiger partial charge is 0.335 e. The summed E-state index contributed by atoms with van der Waals surface area (Å²) in [4.78, 5) is 51.6. The molecule has 4 aromatic rings. The van der Waals surface area contributed by atoms with Crippen LogP contribution in [0.1, 0.15) is 36.8 Å². The number of alkyl halides is 2. The highest BCUT2D eigenvalue weighted by Crippen LogP contribution is 2.46. The van der Waals surface area contributed by atoms with E-state index >= 15 is 0 Å². The number of rotatable bonds is 8. The van der Waals surface area contributed by atoms with Gasteiger partial charge in [-0.15, -0.1) is 0 Å². The Balaban J connectivity index is 1.47. The minimum Gasteiger partial charge on any atom is -0.480 e. The SMILES string of the molecule is Cn1ccc(=O)n(-c2cccc3c(C[C@H](NC(=O)C4(Cc5ccc(F)cc5)CCC(F)(F)CC4)C(=O)O)cccc23)c1=O. The van der Waals surface area contributed by atoms with Gasteiger partial charge in [0.05, 0.1) is 11.1 Å². The van der Waals surface area contributed by atoms with E-state index in [2.05, 4.69) is 5.32 Å². The number of benzene rings is 3. The highest BCUT2D eigenvalue weighted by Gasteiger charge is 2.48. The molecule has 1 amide bonds. The van der Waals surface area contributed by atoms with Gasteiger partial charge in [-0.25, -0.2) is 27.3 Å². The fourth-order valence-electron chi connectivity index (χ4n) is 5.82. The summed E-state index contributed by atoms with van der Waals surface area (Å²) in [5.74, 6) is -5.37. The molecular weight excluding hydrogens is 563 g/mol. The van der Waals surface area contributed by atoms with Gasteiger partial charge in [-0.05, 0) is 54.0 Å². The van der Waals surface area contributed by atoms with Gasteiger partial charge in [0.15, 0.2) is 0 Å². The van der Waals surface area contributed by atoms with Gasteiger partial charge in [-0.1, -0.05) is 42.5 Å². The van der Waals surface area contributed by atoms with Crippen LogP contribution in [0.2, 0.25) is 0 Å². The lowest BCUT2D eigenvalue weighted by molar-refractivity contribution is -0.147. The van der Waals surface area contributed by atoms with Crippen LogP contribution < -0.4 is 16.6 Å². The van der Waals surface area contributed by atoms with Gasteiger partial charge in [0.25, 0.3) is 5.56 Å². The van der Waals surface area contributed by atoms with Crippen LogP contribution in [0.4, 0.5) is 13.2 Å². The van der Waals surface area contributed by atoms with Crippen molar-refractivity contribution in [3.8, 4) is 5.69 Å². The van der Waals surface area contributed by atoms with Crippen LogP contribution in [0.3, 0.4) is 0 Å². The number of hydrogen-bond acceptors (Lipinski definition) is 4. The normalized spacial score (nSPS) is 16.5. The standard InChI is InChI=1S/C32H30F3N3O5/c1-37-17-12-27(39)38(30(37)43)26-7-3-5-23-21(4-2-6-24(23)26)18-25(28(40)41)36-29(42)31(13-15-32(34,35)16-14-31)19-20-8-10-22(33)11-9-20/h2-12,17,25H,13-16,18-19H2,1H3,(H,36,42)(H,40,41)/t25-/m0/s1. The maximum Gasteiger partial charge on any atom is 0.335 e. The fraction of sp³-hybridized carbons (Fsp3) is 0.312. The van der Waals surface area contributed by atoms with Crippen molar-refractivity contribution in [2.75, 3.05) is 0 Å². The molecular formula is C32H30F3N3O5. The summed E-state index contributed by atoms with van der Waals surface area (Å²) >= 11 is 0. The molecule has 8 nitrogen and oxygen atoms in total. The fourth-order valence-corrected chi connectivity index (χ4v) is 5.82. The summed E-state index contributed by atoms with van der Waals surface area (Å²) in [6, 6.07) is 15.4. The minimum atomic E-state index is -2.93. The molecule has 43 heavy (non-hydrogen) atoms. The monoisotopic (exact) mass is 593 g/mol. The number of aromatic nitrogens is 2. The molecule has 3 aromatic carbocycles. The number of carbonyl (C=O) groups excluding carboxylic acids is 1. The van der Waals surface area contributed by atoms with Gasteiger partial charge in [0, 0.05) is 44.0 Å². The summed E-state index contributed by atoms with van der Waals surface area (Å²) in [6.45, 7) is 0. The highest BCUT2D eigenvalue weighted by molar-refractivity contribution is 5.93. The third-order valence-corrected chi connectivity index (χ3v) is 8.29. The second-order valence-electron chi connectivity index (χ2n) is 11.2. The number of nitrogens with one attached hydrogen (secondary N) is 1. The average molecular weight is 594 g/mol. The van der Waals surface area contributed by atoms with E-state index in [9.17, 15) is 37.5 Å². The number of carbonyl (C=O) groups is 2. The lowest BCUT2D eigenvalue weighted by Gasteiger charge is -2.39. The molecule has 0 unspecified atom stereocenters. The molecule has 0 aliphatic heterocycles. The van der Waals surface area contributed by atoms with Crippen molar-refractivity contribution in [1.82, 2.24) is 14.5 Å². The number of aryl methyl sites for hydroxylation is 1. The molecule has 1 atom stereocenters. The molecule has 0 spiro atoms. The van der Waals surface area contributed by atoms with Crippen molar-refractivity contribution in [2.45, 2.75) is 50.5 Å². The van der Waals surface area contributed by atoms with Gasteiger partial charge < -0.3 is 15.0 Å². The maximum atomic E-state index is 14.1. The Morgan fingerprint density at radius 1 is 0.930 bits per heavy atom. The molecule has 1 aliphatic rings. The topological polar surface area (TPSA) is 110 Å². The second-order valence-corrected chi connectivity index (χ2v) is 11.2. The zero-order chi connectivity index (χ0) is 30.9. The second kappa shape index (κ2) is 11.5. The number of amides is 1. The molecule has 0 bridgehead atoms. The van der Waals surface area contributed by atoms with Crippen LogP contribution >= 0.6 is 0 Å². The van der Waals surface area contributed by atoms with Gasteiger partial charge in [-0.3, -0.25) is 9.59 Å². The van der Waals surface area contributed by atoms with E-state index < -0.39 is 59.2 Å². The van der Waals surface area contributed by atoms with E-state index in [1.807, 2.05) is 0 Å². The van der Waals surface area contributed by atoms with Gasteiger partial charge in [0.2, 0.25) is 11.8 Å². The number of fused-ring (bicyclic) bond motifs is 1. The summed E-state index contributed by atoms with van der Waals surface area (Å²) in [5, 5.41) is 13.8. The Morgan fingerprint density at radius 2 is 1.58 bits per heavy atom. The van der Waals surface area contributed by atoms with E-state index in [1.165, 1.54) is 48.1 Å². The van der Waals surface area contributed by atoms with Crippen molar-refractivity contribution >= 4 is 22.6 Å². The molecule has 1 heterocycles. The lowest BCUT2D eigenvalue weighted by Crippen LogP contribution is -2.52. The van der Waals surface area contributed by atoms with Crippen LogP contribution in [0.15, 0.2) is 82.5 Å². The highest BCUT2D eigenvalue weighted by atomic mass is 19.3. The molecule has 0 saturated heterocycles. The van der Waals surface area contributed by atoms with E-state index in [1.54, 1.807) is 36.4 Å². The molecule has 1 aromatic heterocycles. The Labute approximate surface area is 244 Å². The first kappa shape index (κ1) is 29.8. The van der Waals surface area contributed by atoms with Gasteiger partial charge >= 0.3 is 11.7 Å². The average Bonchev–Trinajstić information content (AvgIpc) is 2.97. The van der Waals surface area contributed by atoms with E-state index in [4.69, 9.17) is 0 Å². The molecule has 11 heteroatoms. The van der Waals surface area contributed by atoms with Crippen molar-refractivity contribution in [1.29, 1.82) is 0 Å². The zero-order valence-corrected chi connectivity index (χ0v) is 23.4. The van der Waals surface area contributed by atoms with Gasteiger partial charge in [-0.2, -0.15) is 0 Å². The minimum absolute atomic E-state index is 0.0555. The Morgan fingerprint density at radius 3 is 2.26 bits per heavy atom. The first-order valence-corrected chi connectivity index (χ1v) is 13.8. The summed E-state index contributed by atoms with van der Waals surface area (Å²) in [5.41, 5.74) is -0.934. The molecule has 224 valence electrons. The third-order valence-electron chi connectivity index (χ3n) is 8.29. The van der Waals surface area contributed by atoms with Crippen molar-refractivity contribution in [3.05, 3.63) is 111 Å². The number of carboxylic acids is 1. The molecule has 1 fully saturated rings. The summed E-state index contributed by atoms with van der Waals surface area (Å²) in [6.07, 6.45) is -0.0874. The van der Waals surface area contributed by atoms with Crippen molar-refractivity contribution < 1.29 is 27.9 Å². The number of nitrogens with zero attached hydrogens (tertiary/aromatic N) is 2. The zero-order valence-electron chi connectivity index (χ0n) is 23.4. The van der Waals surface area contributed by atoms with Gasteiger partial charge in [0.1, 0.15) is 11.9 Å².